The van der Waals surface area contributed by atoms with Gasteiger partial charge in [-0.05, 0) is 30.2 Å². The molecule has 0 radical (unpaired) electrons. The van der Waals surface area contributed by atoms with Crippen LogP contribution in [0.15, 0.2) is 24.3 Å². The highest BCUT2D eigenvalue weighted by molar-refractivity contribution is 5.94. The molecule has 0 fully saturated rings. The van der Waals surface area contributed by atoms with Gasteiger partial charge in [0.15, 0.2) is 0 Å². The van der Waals surface area contributed by atoms with E-state index in [4.69, 9.17) is 16.3 Å². The lowest BCUT2D eigenvalue weighted by atomic mass is 10.1. The molecule has 0 bridgehead atoms. The molecule has 0 aliphatic rings. The van der Waals surface area contributed by atoms with Crippen molar-refractivity contribution in [3.63, 3.8) is 0 Å². The fourth-order valence-electron chi connectivity index (χ4n) is 1.95. The highest BCUT2D eigenvalue weighted by atomic mass is 16.5. The number of amides is 1. The summed E-state index contributed by atoms with van der Waals surface area (Å²) < 4.78 is 5.26. The summed E-state index contributed by atoms with van der Waals surface area (Å²) in [6.45, 7) is 4.85. The number of benzene rings is 1. The van der Waals surface area contributed by atoms with Gasteiger partial charge in [0.1, 0.15) is 12.4 Å². The third kappa shape index (κ3) is 5.88. The molecule has 1 aromatic carbocycles. The average Bonchev–Trinajstić information content (AvgIpc) is 2.48. The normalized spacial score (nSPS) is 10.1. The third-order valence-electron chi connectivity index (χ3n) is 2.89. The molecule has 1 N–H and O–H groups in total. The van der Waals surface area contributed by atoms with Crippen molar-refractivity contribution in [3.8, 4) is 18.1 Å². The lowest BCUT2D eigenvalue weighted by Crippen LogP contribution is -2.35. The molecule has 0 atom stereocenters. The fourth-order valence-corrected chi connectivity index (χ4v) is 1.95. The van der Waals surface area contributed by atoms with E-state index in [0.29, 0.717) is 17.9 Å². The Hall–Kier alpha value is -2.48. The molecule has 118 valence electrons. The van der Waals surface area contributed by atoms with Crippen molar-refractivity contribution in [1.29, 1.82) is 0 Å². The number of rotatable bonds is 8. The van der Waals surface area contributed by atoms with Crippen molar-refractivity contribution >= 4 is 11.9 Å². The van der Waals surface area contributed by atoms with Crippen LogP contribution in [0.25, 0.3) is 0 Å². The molecular weight excluding hydrogens is 282 g/mol. The average molecular weight is 303 g/mol. The van der Waals surface area contributed by atoms with E-state index in [1.807, 2.05) is 13.8 Å². The second-order valence-corrected chi connectivity index (χ2v) is 5.31. The maximum atomic E-state index is 12.5. The van der Waals surface area contributed by atoms with Gasteiger partial charge in [-0.3, -0.25) is 9.59 Å². The summed E-state index contributed by atoms with van der Waals surface area (Å²) >= 11 is 0. The first-order valence-electron chi connectivity index (χ1n) is 7.11. The number of nitrogens with zero attached hydrogens (tertiary/aromatic N) is 1. The van der Waals surface area contributed by atoms with E-state index >= 15 is 0 Å². The Morgan fingerprint density at radius 2 is 1.95 bits per heavy atom. The molecule has 0 aromatic heterocycles. The van der Waals surface area contributed by atoms with Gasteiger partial charge in [0.25, 0.3) is 5.91 Å². The Bertz CT molecular complexity index is 543. The van der Waals surface area contributed by atoms with Crippen LogP contribution in [-0.4, -0.2) is 41.6 Å². The van der Waals surface area contributed by atoms with Crippen LogP contribution in [0.1, 0.15) is 30.6 Å². The molecule has 0 saturated heterocycles. The van der Waals surface area contributed by atoms with Gasteiger partial charge in [-0.1, -0.05) is 19.8 Å². The van der Waals surface area contributed by atoms with Crippen LogP contribution >= 0.6 is 0 Å². The van der Waals surface area contributed by atoms with Crippen molar-refractivity contribution in [1.82, 2.24) is 4.90 Å². The van der Waals surface area contributed by atoms with E-state index < -0.39 is 5.97 Å². The minimum atomic E-state index is -0.917. The van der Waals surface area contributed by atoms with Crippen LogP contribution in [0.2, 0.25) is 0 Å². The van der Waals surface area contributed by atoms with Gasteiger partial charge in [0, 0.05) is 18.7 Å². The van der Waals surface area contributed by atoms with Crippen LogP contribution in [0, 0.1) is 18.3 Å². The summed E-state index contributed by atoms with van der Waals surface area (Å²) in [6.07, 6.45) is 5.05. The van der Waals surface area contributed by atoms with Gasteiger partial charge in [-0.2, -0.15) is 0 Å². The third-order valence-corrected chi connectivity index (χ3v) is 2.89. The summed E-state index contributed by atoms with van der Waals surface area (Å²) in [5.74, 6) is 2.12. The molecule has 0 aliphatic heterocycles. The summed E-state index contributed by atoms with van der Waals surface area (Å²) in [5.41, 5.74) is 0.499. The van der Waals surface area contributed by atoms with Crippen molar-refractivity contribution in [2.75, 3.05) is 19.7 Å². The molecule has 0 saturated carbocycles. The number of hydrogen-bond donors (Lipinski definition) is 1. The van der Waals surface area contributed by atoms with E-state index in [1.165, 1.54) is 0 Å². The smallest absolute Gasteiger partial charge is 0.305 e. The zero-order chi connectivity index (χ0) is 16.5. The highest BCUT2D eigenvalue weighted by Crippen LogP contribution is 2.14. The Kier molecular flexibility index (Phi) is 6.97. The predicted octanol–water partition coefficient (Wildman–Crippen LogP) is 2.27. The van der Waals surface area contributed by atoms with E-state index in [-0.39, 0.29) is 31.4 Å². The largest absolute Gasteiger partial charge is 0.481 e. The number of ether oxygens (including phenoxy) is 1. The van der Waals surface area contributed by atoms with Gasteiger partial charge < -0.3 is 14.7 Å². The Morgan fingerprint density at radius 1 is 1.32 bits per heavy atom. The van der Waals surface area contributed by atoms with E-state index in [9.17, 15) is 9.59 Å². The van der Waals surface area contributed by atoms with E-state index in [0.717, 1.165) is 0 Å². The molecule has 5 heteroatoms. The van der Waals surface area contributed by atoms with Crippen molar-refractivity contribution in [2.24, 2.45) is 5.92 Å². The molecule has 0 heterocycles. The van der Waals surface area contributed by atoms with Gasteiger partial charge in [-0.25, -0.2) is 0 Å². The van der Waals surface area contributed by atoms with Crippen molar-refractivity contribution in [3.05, 3.63) is 29.8 Å². The zero-order valence-corrected chi connectivity index (χ0v) is 12.9. The summed E-state index contributed by atoms with van der Waals surface area (Å²) in [4.78, 5) is 24.8. The summed E-state index contributed by atoms with van der Waals surface area (Å²) in [5, 5.41) is 8.80. The van der Waals surface area contributed by atoms with Crippen LogP contribution in [-0.2, 0) is 4.79 Å². The fraction of sp³-hybridized carbons (Fsp3) is 0.412. The summed E-state index contributed by atoms with van der Waals surface area (Å²) in [6, 6.07) is 6.66. The monoisotopic (exact) mass is 303 g/mol. The maximum Gasteiger partial charge on any atom is 0.305 e. The highest BCUT2D eigenvalue weighted by Gasteiger charge is 2.17. The first-order valence-corrected chi connectivity index (χ1v) is 7.11. The maximum absolute atomic E-state index is 12.5. The summed E-state index contributed by atoms with van der Waals surface area (Å²) in [7, 11) is 0. The molecule has 22 heavy (non-hydrogen) atoms. The molecule has 0 spiro atoms. The lowest BCUT2D eigenvalue weighted by molar-refractivity contribution is -0.137. The van der Waals surface area contributed by atoms with Crippen molar-refractivity contribution in [2.45, 2.75) is 20.3 Å². The predicted molar refractivity (Wildman–Crippen MR) is 83.8 cm³/mol. The zero-order valence-electron chi connectivity index (χ0n) is 12.9. The van der Waals surface area contributed by atoms with E-state index in [1.54, 1.807) is 29.2 Å². The van der Waals surface area contributed by atoms with Gasteiger partial charge in [0.05, 0.1) is 6.42 Å². The number of carbonyl (C=O) groups is 2. The second kappa shape index (κ2) is 8.73. The number of aliphatic carboxylic acids is 1. The first kappa shape index (κ1) is 17.6. The quantitative estimate of drug-likeness (QED) is 0.748. The molecule has 1 amide bonds. The molecular formula is C17H21NO4. The number of carboxylic acid groups (broad SMARTS) is 1. The Balaban J connectivity index is 2.79. The minimum absolute atomic E-state index is 0.0676. The van der Waals surface area contributed by atoms with Crippen LogP contribution in [0.4, 0.5) is 0 Å². The van der Waals surface area contributed by atoms with Gasteiger partial charge in [-0.15, -0.1) is 6.42 Å². The lowest BCUT2D eigenvalue weighted by Gasteiger charge is -2.24. The molecule has 0 aliphatic carbocycles. The number of carbonyl (C=O) groups excluding carboxylic acids is 1. The second-order valence-electron chi connectivity index (χ2n) is 5.31. The molecule has 5 nitrogen and oxygen atoms in total. The first-order chi connectivity index (χ1) is 10.4. The van der Waals surface area contributed by atoms with E-state index in [2.05, 4.69) is 5.92 Å². The number of hydrogen-bond acceptors (Lipinski definition) is 3. The molecule has 1 rings (SSSR count). The molecule has 1 aromatic rings. The van der Waals surface area contributed by atoms with Gasteiger partial charge >= 0.3 is 5.97 Å². The SMILES string of the molecule is C#CCOc1ccc(C(=O)N(CCC(=O)O)CC(C)C)cc1. The topological polar surface area (TPSA) is 66.8 Å². The van der Waals surface area contributed by atoms with Crippen LogP contribution < -0.4 is 4.74 Å². The molecule has 0 unspecified atom stereocenters. The van der Waals surface area contributed by atoms with Crippen LogP contribution in [0.3, 0.4) is 0 Å². The van der Waals surface area contributed by atoms with Crippen molar-refractivity contribution < 1.29 is 19.4 Å². The van der Waals surface area contributed by atoms with Crippen LogP contribution in [0.5, 0.6) is 5.75 Å². The van der Waals surface area contributed by atoms with Gasteiger partial charge in [0.2, 0.25) is 0 Å². The Morgan fingerprint density at radius 3 is 2.45 bits per heavy atom. The number of carboxylic acids is 1. The number of terminal acetylenes is 1. The Labute approximate surface area is 130 Å². The minimum Gasteiger partial charge on any atom is -0.481 e. The standard InChI is InChI=1S/C17H21NO4/c1-4-11-22-15-7-5-14(6-8-15)17(21)18(12-13(2)3)10-9-16(19)20/h1,5-8,13H,9-12H2,2-3H3,(H,19,20).